The normalized spacial score (nSPS) is 13.3. The van der Waals surface area contributed by atoms with Crippen LogP contribution in [0.15, 0.2) is 0 Å². The monoisotopic (exact) mass is 452 g/mol. The van der Waals surface area contributed by atoms with E-state index in [2.05, 4.69) is 13.8 Å². The molecule has 0 aromatic carbocycles. The summed E-state index contributed by atoms with van der Waals surface area (Å²) in [6.07, 6.45) is 33.0. The largest absolute Gasteiger partial charge is 0.481 e. The Hall–Kier alpha value is -0.530. The van der Waals surface area contributed by atoms with Crippen LogP contribution in [0.4, 0.5) is 0 Å². The molecule has 2 heteroatoms. The van der Waals surface area contributed by atoms with Crippen molar-refractivity contribution in [3.05, 3.63) is 0 Å². The van der Waals surface area contributed by atoms with E-state index in [1.807, 2.05) is 6.92 Å². The van der Waals surface area contributed by atoms with Crippen LogP contribution < -0.4 is 0 Å². The van der Waals surface area contributed by atoms with Gasteiger partial charge in [0.05, 0.1) is 5.92 Å². The molecule has 0 radical (unpaired) electrons. The lowest BCUT2D eigenvalue weighted by Crippen LogP contribution is -2.08. The van der Waals surface area contributed by atoms with Crippen LogP contribution in [0.5, 0.6) is 0 Å². The van der Waals surface area contributed by atoms with Gasteiger partial charge in [0, 0.05) is 0 Å². The maximum atomic E-state index is 10.8. The van der Waals surface area contributed by atoms with Crippen molar-refractivity contribution in [1.82, 2.24) is 0 Å². The highest BCUT2D eigenvalue weighted by atomic mass is 16.4. The van der Waals surface area contributed by atoms with Gasteiger partial charge in [-0.25, -0.2) is 0 Å². The van der Waals surface area contributed by atoms with Crippen molar-refractivity contribution >= 4 is 5.97 Å². The number of unbranched alkanes of at least 4 members (excludes halogenated alkanes) is 19. The van der Waals surface area contributed by atoms with Crippen molar-refractivity contribution in [1.29, 1.82) is 0 Å². The number of aliphatic carboxylic acids is 1. The fourth-order valence-electron chi connectivity index (χ4n) is 4.78. The zero-order chi connectivity index (χ0) is 23.7. The molecule has 2 atom stereocenters. The minimum absolute atomic E-state index is 0.172. The maximum absolute atomic E-state index is 10.8. The summed E-state index contributed by atoms with van der Waals surface area (Å²) in [5.74, 6) is 0.0660. The number of carboxylic acid groups (broad SMARTS) is 1. The molecule has 0 saturated carbocycles. The van der Waals surface area contributed by atoms with E-state index in [4.69, 9.17) is 5.11 Å². The van der Waals surface area contributed by atoms with Gasteiger partial charge in [0.1, 0.15) is 0 Å². The molecule has 32 heavy (non-hydrogen) atoms. The molecule has 0 amide bonds. The van der Waals surface area contributed by atoms with Gasteiger partial charge in [-0.2, -0.15) is 0 Å². The second kappa shape index (κ2) is 25.1. The van der Waals surface area contributed by atoms with Crippen molar-refractivity contribution < 1.29 is 9.90 Å². The Morgan fingerprint density at radius 2 is 0.781 bits per heavy atom. The Morgan fingerprint density at radius 3 is 1.09 bits per heavy atom. The molecule has 0 heterocycles. The Bertz CT molecular complexity index is 379. The minimum atomic E-state index is -0.645. The highest BCUT2D eigenvalue weighted by molar-refractivity contribution is 5.69. The van der Waals surface area contributed by atoms with Gasteiger partial charge in [0.2, 0.25) is 0 Å². The van der Waals surface area contributed by atoms with E-state index in [9.17, 15) is 4.79 Å². The third-order valence-electron chi connectivity index (χ3n) is 7.31. The van der Waals surface area contributed by atoms with E-state index in [0.717, 1.165) is 18.8 Å². The van der Waals surface area contributed by atoms with Crippen LogP contribution in [0.2, 0.25) is 0 Å². The molecule has 0 aliphatic rings. The van der Waals surface area contributed by atoms with E-state index in [1.165, 1.54) is 141 Å². The van der Waals surface area contributed by atoms with Crippen LogP contribution >= 0.6 is 0 Å². The van der Waals surface area contributed by atoms with E-state index in [0.29, 0.717) is 0 Å². The molecule has 0 spiro atoms. The highest BCUT2D eigenvalue weighted by Gasteiger charge is 2.09. The summed E-state index contributed by atoms with van der Waals surface area (Å²) in [7, 11) is 0. The molecule has 2 unspecified atom stereocenters. The molecular weight excluding hydrogens is 392 g/mol. The predicted molar refractivity (Wildman–Crippen MR) is 142 cm³/mol. The lowest BCUT2D eigenvalue weighted by molar-refractivity contribution is -0.141. The lowest BCUT2D eigenvalue weighted by atomic mass is 9.95. The molecule has 0 aromatic rings. The third kappa shape index (κ3) is 24.1. The van der Waals surface area contributed by atoms with Gasteiger partial charge in [-0.15, -0.1) is 0 Å². The number of rotatable bonds is 26. The van der Waals surface area contributed by atoms with Crippen LogP contribution in [-0.4, -0.2) is 11.1 Å². The first-order chi connectivity index (χ1) is 15.6. The first-order valence-electron chi connectivity index (χ1n) is 14.8. The van der Waals surface area contributed by atoms with Crippen molar-refractivity contribution in [3.63, 3.8) is 0 Å². The van der Waals surface area contributed by atoms with Crippen molar-refractivity contribution in [2.24, 2.45) is 11.8 Å². The number of carboxylic acids is 1. The van der Waals surface area contributed by atoms with Crippen LogP contribution in [0.25, 0.3) is 0 Å². The van der Waals surface area contributed by atoms with Crippen LogP contribution in [-0.2, 0) is 4.79 Å². The number of hydrogen-bond acceptors (Lipinski definition) is 1. The van der Waals surface area contributed by atoms with Crippen molar-refractivity contribution in [3.8, 4) is 0 Å². The number of hydrogen-bond donors (Lipinski definition) is 1. The van der Waals surface area contributed by atoms with Gasteiger partial charge in [0.25, 0.3) is 0 Å². The van der Waals surface area contributed by atoms with Gasteiger partial charge in [-0.1, -0.05) is 168 Å². The van der Waals surface area contributed by atoms with E-state index in [-0.39, 0.29) is 5.92 Å². The topological polar surface area (TPSA) is 37.3 Å². The van der Waals surface area contributed by atoms with Gasteiger partial charge in [-0.3, -0.25) is 4.79 Å². The second-order valence-electron chi connectivity index (χ2n) is 10.8. The van der Waals surface area contributed by atoms with E-state index < -0.39 is 5.97 Å². The molecule has 0 aliphatic carbocycles. The molecule has 0 aromatic heterocycles. The first kappa shape index (κ1) is 31.5. The molecule has 0 bridgehead atoms. The van der Waals surface area contributed by atoms with E-state index >= 15 is 0 Å². The van der Waals surface area contributed by atoms with Crippen LogP contribution in [0.3, 0.4) is 0 Å². The van der Waals surface area contributed by atoms with Crippen LogP contribution in [0.1, 0.15) is 175 Å². The SMILES string of the molecule is CCCCCCCCCCCCCCCCCCC(C)CCCCCCCC(C)C(=O)O. The molecule has 0 aliphatic heterocycles. The van der Waals surface area contributed by atoms with Gasteiger partial charge < -0.3 is 5.11 Å². The summed E-state index contributed by atoms with van der Waals surface area (Å²) >= 11 is 0. The molecule has 0 fully saturated rings. The van der Waals surface area contributed by atoms with Gasteiger partial charge >= 0.3 is 5.97 Å². The van der Waals surface area contributed by atoms with Crippen molar-refractivity contribution in [2.45, 2.75) is 175 Å². The van der Waals surface area contributed by atoms with Crippen LogP contribution in [0, 0.1) is 11.8 Å². The summed E-state index contributed by atoms with van der Waals surface area (Å²) < 4.78 is 0. The lowest BCUT2D eigenvalue weighted by Gasteiger charge is -2.11. The van der Waals surface area contributed by atoms with Gasteiger partial charge in [0.15, 0.2) is 0 Å². The highest BCUT2D eigenvalue weighted by Crippen LogP contribution is 2.19. The molecular formula is C30H60O2. The average Bonchev–Trinajstić information content (AvgIpc) is 2.77. The quantitative estimate of drug-likeness (QED) is 0.132. The Kier molecular flexibility index (Phi) is 24.7. The zero-order valence-electron chi connectivity index (χ0n) is 22.5. The second-order valence-corrected chi connectivity index (χ2v) is 10.8. The Morgan fingerprint density at radius 1 is 0.500 bits per heavy atom. The maximum Gasteiger partial charge on any atom is 0.306 e. The molecule has 0 rings (SSSR count). The van der Waals surface area contributed by atoms with E-state index in [1.54, 1.807) is 0 Å². The number of carbonyl (C=O) groups is 1. The zero-order valence-corrected chi connectivity index (χ0v) is 22.5. The minimum Gasteiger partial charge on any atom is -0.481 e. The molecule has 0 saturated heterocycles. The summed E-state index contributed by atoms with van der Waals surface area (Å²) in [5, 5.41) is 8.89. The molecule has 192 valence electrons. The first-order valence-corrected chi connectivity index (χ1v) is 14.8. The average molecular weight is 453 g/mol. The summed E-state index contributed by atoms with van der Waals surface area (Å²) in [4.78, 5) is 10.8. The fourth-order valence-corrected chi connectivity index (χ4v) is 4.78. The standard InChI is InChI=1S/C30H60O2/c1-4-5-6-7-8-9-10-11-12-13-14-15-16-17-19-22-25-28(2)26-23-20-18-21-24-27-29(3)30(31)32/h28-29H,4-27H2,1-3H3,(H,31,32). The summed E-state index contributed by atoms with van der Waals surface area (Å²) in [6.45, 7) is 6.55. The third-order valence-corrected chi connectivity index (χ3v) is 7.31. The Balaban J connectivity index is 3.19. The predicted octanol–water partition coefficient (Wildman–Crippen LogP) is 10.7. The summed E-state index contributed by atoms with van der Waals surface area (Å²) in [6, 6.07) is 0. The Labute approximate surface area is 202 Å². The smallest absolute Gasteiger partial charge is 0.306 e. The summed E-state index contributed by atoms with van der Waals surface area (Å²) in [5.41, 5.74) is 0. The van der Waals surface area contributed by atoms with Gasteiger partial charge in [-0.05, 0) is 12.3 Å². The molecule has 1 N–H and O–H groups in total. The van der Waals surface area contributed by atoms with Crippen molar-refractivity contribution in [2.75, 3.05) is 0 Å². The molecule has 2 nitrogen and oxygen atoms in total. The fraction of sp³-hybridized carbons (Fsp3) is 0.967.